The average Bonchev–Trinajstić information content (AvgIpc) is 2.77. The van der Waals surface area contributed by atoms with Crippen molar-refractivity contribution in [3.05, 3.63) is 47.3 Å². The number of hydrogen-bond acceptors (Lipinski definition) is 4. The Balaban J connectivity index is 2.32. The quantitative estimate of drug-likeness (QED) is 0.859. The number of esters is 1. The number of nitrogens with one attached hydrogen (secondary N) is 1. The summed E-state index contributed by atoms with van der Waals surface area (Å²) in [6, 6.07) is 7.35. The van der Waals surface area contributed by atoms with Crippen LogP contribution in [-0.4, -0.2) is 22.4 Å². The van der Waals surface area contributed by atoms with Crippen molar-refractivity contribution in [1.82, 2.24) is 9.78 Å². The summed E-state index contributed by atoms with van der Waals surface area (Å²) in [4.78, 5) is 12.3. The summed E-state index contributed by atoms with van der Waals surface area (Å²) in [5.74, 6) is -0.296. The lowest BCUT2D eigenvalue weighted by Crippen LogP contribution is -2.24. The molecule has 2 rings (SSSR count). The zero-order chi connectivity index (χ0) is 15.4. The molecule has 0 aliphatic heterocycles. The molecule has 0 fully saturated rings. The Hall–Kier alpha value is -2.30. The van der Waals surface area contributed by atoms with Crippen LogP contribution in [0.2, 0.25) is 0 Å². The van der Waals surface area contributed by atoms with Gasteiger partial charge in [0, 0.05) is 24.0 Å². The van der Waals surface area contributed by atoms with E-state index in [1.54, 1.807) is 17.8 Å². The van der Waals surface area contributed by atoms with E-state index in [9.17, 15) is 4.79 Å². The van der Waals surface area contributed by atoms with Crippen LogP contribution in [-0.2, 0) is 16.6 Å². The lowest BCUT2D eigenvalue weighted by atomic mass is 10.1. The summed E-state index contributed by atoms with van der Waals surface area (Å²) in [5, 5.41) is 7.45. The molecule has 0 radical (unpaired) electrons. The topological polar surface area (TPSA) is 56.1 Å². The summed E-state index contributed by atoms with van der Waals surface area (Å²) in [6.07, 6.45) is 1.71. The number of aryl methyl sites for hydroxylation is 2. The molecule has 1 N–H and O–H groups in total. The molecule has 1 heterocycles. The second kappa shape index (κ2) is 6.43. The lowest BCUT2D eigenvalue weighted by molar-refractivity contribution is -0.144. The monoisotopic (exact) mass is 287 g/mol. The molecule has 5 nitrogen and oxygen atoms in total. The van der Waals surface area contributed by atoms with Crippen molar-refractivity contribution >= 4 is 11.7 Å². The molecule has 0 aliphatic rings. The second-order valence-corrected chi connectivity index (χ2v) is 5.01. The first-order valence-corrected chi connectivity index (χ1v) is 7.01. The van der Waals surface area contributed by atoms with E-state index in [4.69, 9.17) is 4.74 Å². The van der Waals surface area contributed by atoms with E-state index in [-0.39, 0.29) is 5.97 Å². The summed E-state index contributed by atoms with van der Waals surface area (Å²) >= 11 is 0. The predicted molar refractivity (Wildman–Crippen MR) is 82.1 cm³/mol. The Kier molecular flexibility index (Phi) is 4.62. The fourth-order valence-electron chi connectivity index (χ4n) is 2.19. The number of benzene rings is 1. The maximum atomic E-state index is 12.3. The molecule has 0 spiro atoms. The molecule has 1 aromatic carbocycles. The zero-order valence-electron chi connectivity index (χ0n) is 12.9. The number of rotatable bonds is 5. The largest absolute Gasteiger partial charge is 0.464 e. The van der Waals surface area contributed by atoms with Crippen molar-refractivity contribution < 1.29 is 9.53 Å². The summed E-state index contributed by atoms with van der Waals surface area (Å²) < 4.78 is 6.94. The Labute approximate surface area is 124 Å². The molecule has 21 heavy (non-hydrogen) atoms. The number of hydrogen-bond donors (Lipinski definition) is 1. The molecule has 1 unspecified atom stereocenters. The van der Waals surface area contributed by atoms with E-state index in [0.717, 1.165) is 22.5 Å². The van der Waals surface area contributed by atoms with E-state index in [1.807, 2.05) is 45.2 Å². The standard InChI is InChI=1S/C16H21N3O2/c1-5-21-16(20)15(14-10-17-19(4)12(14)3)18-13-8-6-7-11(2)9-13/h6-10,15,18H,5H2,1-4H3. The first-order chi connectivity index (χ1) is 10.0. The van der Waals surface area contributed by atoms with Gasteiger partial charge in [-0.15, -0.1) is 0 Å². The van der Waals surface area contributed by atoms with E-state index in [0.29, 0.717) is 6.61 Å². The van der Waals surface area contributed by atoms with Gasteiger partial charge in [0.15, 0.2) is 6.04 Å². The minimum atomic E-state index is -0.555. The van der Waals surface area contributed by atoms with Crippen LogP contribution in [0.3, 0.4) is 0 Å². The highest BCUT2D eigenvalue weighted by molar-refractivity contribution is 5.81. The Morgan fingerprint density at radius 3 is 2.76 bits per heavy atom. The van der Waals surface area contributed by atoms with Gasteiger partial charge in [-0.2, -0.15) is 5.10 Å². The summed E-state index contributed by atoms with van der Waals surface area (Å²) in [6.45, 7) is 6.11. The summed E-state index contributed by atoms with van der Waals surface area (Å²) in [7, 11) is 1.85. The molecule has 0 saturated carbocycles. The van der Waals surface area contributed by atoms with E-state index >= 15 is 0 Å². The van der Waals surface area contributed by atoms with Crippen molar-refractivity contribution in [2.45, 2.75) is 26.8 Å². The number of aromatic nitrogens is 2. The molecular weight excluding hydrogens is 266 g/mol. The van der Waals surface area contributed by atoms with Gasteiger partial charge < -0.3 is 10.1 Å². The number of ether oxygens (including phenoxy) is 1. The third kappa shape index (κ3) is 3.42. The number of nitrogens with zero attached hydrogens (tertiary/aromatic N) is 2. The molecule has 2 aromatic rings. The van der Waals surface area contributed by atoms with Gasteiger partial charge in [0.1, 0.15) is 0 Å². The fourth-order valence-corrected chi connectivity index (χ4v) is 2.19. The minimum absolute atomic E-state index is 0.296. The van der Waals surface area contributed by atoms with Crippen LogP contribution in [0.25, 0.3) is 0 Å². The predicted octanol–water partition coefficient (Wildman–Crippen LogP) is 2.75. The Morgan fingerprint density at radius 2 is 2.19 bits per heavy atom. The number of carbonyl (C=O) groups excluding carboxylic acids is 1. The van der Waals surface area contributed by atoms with Crippen molar-refractivity contribution in [2.75, 3.05) is 11.9 Å². The van der Waals surface area contributed by atoms with Gasteiger partial charge in [-0.05, 0) is 38.5 Å². The van der Waals surface area contributed by atoms with Crippen LogP contribution >= 0.6 is 0 Å². The maximum absolute atomic E-state index is 12.3. The zero-order valence-corrected chi connectivity index (χ0v) is 12.9. The SMILES string of the molecule is CCOC(=O)C(Nc1cccc(C)c1)c1cnn(C)c1C. The Bertz CT molecular complexity index is 634. The van der Waals surface area contributed by atoms with Crippen LogP contribution in [0, 0.1) is 13.8 Å². The first-order valence-electron chi connectivity index (χ1n) is 7.01. The van der Waals surface area contributed by atoms with E-state index < -0.39 is 6.04 Å². The van der Waals surface area contributed by atoms with Gasteiger partial charge in [-0.3, -0.25) is 4.68 Å². The van der Waals surface area contributed by atoms with Crippen molar-refractivity contribution in [1.29, 1.82) is 0 Å². The number of anilines is 1. The van der Waals surface area contributed by atoms with Crippen molar-refractivity contribution in [2.24, 2.45) is 7.05 Å². The molecule has 0 bridgehead atoms. The lowest BCUT2D eigenvalue weighted by Gasteiger charge is -2.18. The molecule has 112 valence electrons. The van der Waals surface area contributed by atoms with Gasteiger partial charge in [0.05, 0.1) is 12.8 Å². The third-order valence-corrected chi connectivity index (χ3v) is 3.44. The average molecular weight is 287 g/mol. The molecule has 0 saturated heterocycles. The van der Waals surface area contributed by atoms with Gasteiger partial charge >= 0.3 is 5.97 Å². The van der Waals surface area contributed by atoms with Gasteiger partial charge in [0.25, 0.3) is 0 Å². The molecule has 5 heteroatoms. The fraction of sp³-hybridized carbons (Fsp3) is 0.375. The van der Waals surface area contributed by atoms with Crippen LogP contribution in [0.4, 0.5) is 5.69 Å². The molecule has 1 atom stereocenters. The highest BCUT2D eigenvalue weighted by Crippen LogP contribution is 2.24. The van der Waals surface area contributed by atoms with Gasteiger partial charge in [-0.25, -0.2) is 4.79 Å². The van der Waals surface area contributed by atoms with Crippen LogP contribution in [0.1, 0.15) is 29.8 Å². The Morgan fingerprint density at radius 1 is 1.43 bits per heavy atom. The highest BCUT2D eigenvalue weighted by Gasteiger charge is 2.25. The van der Waals surface area contributed by atoms with Crippen molar-refractivity contribution in [3.63, 3.8) is 0 Å². The molecular formula is C16H21N3O2. The third-order valence-electron chi connectivity index (χ3n) is 3.44. The molecule has 1 aromatic heterocycles. The van der Waals surface area contributed by atoms with Crippen LogP contribution in [0.5, 0.6) is 0 Å². The van der Waals surface area contributed by atoms with E-state index in [1.165, 1.54) is 0 Å². The van der Waals surface area contributed by atoms with Crippen LogP contribution < -0.4 is 5.32 Å². The van der Waals surface area contributed by atoms with E-state index in [2.05, 4.69) is 10.4 Å². The normalized spacial score (nSPS) is 12.0. The smallest absolute Gasteiger partial charge is 0.333 e. The van der Waals surface area contributed by atoms with Crippen LogP contribution in [0.15, 0.2) is 30.5 Å². The maximum Gasteiger partial charge on any atom is 0.333 e. The highest BCUT2D eigenvalue weighted by atomic mass is 16.5. The minimum Gasteiger partial charge on any atom is -0.464 e. The molecule has 0 aliphatic carbocycles. The second-order valence-electron chi connectivity index (χ2n) is 5.01. The summed E-state index contributed by atoms with van der Waals surface area (Å²) in [5.41, 5.74) is 3.78. The van der Waals surface area contributed by atoms with Gasteiger partial charge in [-0.1, -0.05) is 12.1 Å². The van der Waals surface area contributed by atoms with Gasteiger partial charge in [0.2, 0.25) is 0 Å². The first kappa shape index (κ1) is 15.1. The molecule has 0 amide bonds. The number of carbonyl (C=O) groups is 1. The van der Waals surface area contributed by atoms with Crippen molar-refractivity contribution in [3.8, 4) is 0 Å².